The van der Waals surface area contributed by atoms with E-state index in [9.17, 15) is 13.2 Å². The van der Waals surface area contributed by atoms with E-state index in [1.807, 2.05) is 20.8 Å². The van der Waals surface area contributed by atoms with Gasteiger partial charge in [-0.05, 0) is 24.6 Å². The molecule has 8 heteroatoms. The molecule has 1 saturated heterocycles. The highest BCUT2D eigenvalue weighted by Crippen LogP contribution is 2.19. The van der Waals surface area contributed by atoms with Crippen LogP contribution >= 0.6 is 0 Å². The zero-order valence-corrected chi connectivity index (χ0v) is 16.6. The Morgan fingerprint density at radius 1 is 1.19 bits per heavy atom. The van der Waals surface area contributed by atoms with Gasteiger partial charge in [-0.3, -0.25) is 4.79 Å². The summed E-state index contributed by atoms with van der Waals surface area (Å²) >= 11 is 0. The Bertz CT molecular complexity index is 681. The zero-order chi connectivity index (χ0) is 19.2. The maximum absolute atomic E-state index is 12.5. The number of rotatable bonds is 8. The first-order valence-corrected chi connectivity index (χ1v) is 10.5. The molecule has 0 aliphatic carbocycles. The van der Waals surface area contributed by atoms with Crippen LogP contribution in [0, 0.1) is 0 Å². The van der Waals surface area contributed by atoms with E-state index in [1.54, 1.807) is 29.2 Å². The fourth-order valence-corrected chi connectivity index (χ4v) is 4.38. The summed E-state index contributed by atoms with van der Waals surface area (Å²) in [4.78, 5) is 14.3. The average Bonchev–Trinajstić information content (AvgIpc) is 2.67. The minimum absolute atomic E-state index is 0.0507. The van der Waals surface area contributed by atoms with Crippen LogP contribution in [0.4, 0.5) is 0 Å². The van der Waals surface area contributed by atoms with E-state index in [0.29, 0.717) is 44.3 Å². The molecule has 0 spiro atoms. The third kappa shape index (κ3) is 5.03. The summed E-state index contributed by atoms with van der Waals surface area (Å²) < 4.78 is 31.7. The number of carbonyl (C=O) groups excluding carboxylic acids is 1. The number of morpholine rings is 1. The van der Waals surface area contributed by atoms with Gasteiger partial charge in [0.05, 0.1) is 24.7 Å². The fraction of sp³-hybridized carbons (Fsp3) is 0.611. The van der Waals surface area contributed by atoms with Gasteiger partial charge in [0.1, 0.15) is 0 Å². The average molecular weight is 384 g/mol. The molecule has 2 rings (SSSR count). The summed E-state index contributed by atoms with van der Waals surface area (Å²) in [6.45, 7) is 9.19. The molecule has 1 heterocycles. The van der Waals surface area contributed by atoms with Crippen molar-refractivity contribution in [3.05, 3.63) is 29.8 Å². The molecule has 0 radical (unpaired) electrons. The lowest BCUT2D eigenvalue weighted by molar-refractivity contribution is -0.134. The Hall–Kier alpha value is -1.48. The molecule has 26 heavy (non-hydrogen) atoms. The highest BCUT2D eigenvalue weighted by molar-refractivity contribution is 7.89. The van der Waals surface area contributed by atoms with Crippen LogP contribution in [-0.4, -0.2) is 69.5 Å². The van der Waals surface area contributed by atoms with E-state index >= 15 is 0 Å². The van der Waals surface area contributed by atoms with Gasteiger partial charge < -0.3 is 15.0 Å². The van der Waals surface area contributed by atoms with Crippen molar-refractivity contribution in [3.63, 3.8) is 0 Å². The van der Waals surface area contributed by atoms with Gasteiger partial charge in [0, 0.05) is 32.2 Å². The molecule has 1 fully saturated rings. The van der Waals surface area contributed by atoms with Crippen LogP contribution in [-0.2, 0) is 19.6 Å². The van der Waals surface area contributed by atoms with Crippen LogP contribution in [0.1, 0.15) is 32.4 Å². The topological polar surface area (TPSA) is 79.0 Å². The minimum atomic E-state index is -3.44. The van der Waals surface area contributed by atoms with Gasteiger partial charge in [0.15, 0.2) is 0 Å². The van der Waals surface area contributed by atoms with Gasteiger partial charge in [-0.15, -0.1) is 0 Å². The van der Waals surface area contributed by atoms with E-state index < -0.39 is 10.0 Å². The van der Waals surface area contributed by atoms with E-state index in [-0.39, 0.29) is 18.5 Å². The summed E-state index contributed by atoms with van der Waals surface area (Å²) in [6, 6.07) is 6.81. The van der Waals surface area contributed by atoms with Crippen molar-refractivity contribution >= 4 is 15.9 Å². The number of hydrogen-bond acceptors (Lipinski definition) is 5. The molecule has 1 aliphatic heterocycles. The lowest BCUT2D eigenvalue weighted by atomic mass is 10.1. The second kappa shape index (κ2) is 9.45. The number of nitrogens with zero attached hydrogens (tertiary/aromatic N) is 2. The predicted octanol–water partition coefficient (Wildman–Crippen LogP) is 1.23. The summed E-state index contributed by atoms with van der Waals surface area (Å²) in [5.41, 5.74) is 0.943. The molecule has 1 aromatic rings. The quantitative estimate of drug-likeness (QED) is 0.730. The lowest BCUT2D eigenvalue weighted by Crippen LogP contribution is -2.45. The first kappa shape index (κ1) is 20.8. The SMILES string of the molecule is CCN(CC)S(=O)(=O)c1ccc([C@H](C)NCC(=O)N2CCOCC2)cc1. The molecule has 0 saturated carbocycles. The molecule has 1 aromatic carbocycles. The molecule has 146 valence electrons. The van der Waals surface area contributed by atoms with Crippen molar-refractivity contribution in [3.8, 4) is 0 Å². The fourth-order valence-electron chi connectivity index (χ4n) is 2.92. The third-order valence-electron chi connectivity index (χ3n) is 4.65. The van der Waals surface area contributed by atoms with Gasteiger partial charge in [0.2, 0.25) is 15.9 Å². The summed E-state index contributed by atoms with van der Waals surface area (Å²) in [6.07, 6.45) is 0. The van der Waals surface area contributed by atoms with Crippen LogP contribution in [0.25, 0.3) is 0 Å². The number of sulfonamides is 1. The second-order valence-electron chi connectivity index (χ2n) is 6.25. The molecule has 1 amide bonds. The molecule has 1 atom stereocenters. The molecule has 1 N–H and O–H groups in total. The highest BCUT2D eigenvalue weighted by Gasteiger charge is 2.22. The monoisotopic (exact) mass is 383 g/mol. The van der Waals surface area contributed by atoms with E-state index in [1.165, 1.54) is 4.31 Å². The maximum Gasteiger partial charge on any atom is 0.243 e. The standard InChI is InChI=1S/C18H29N3O4S/c1-4-21(5-2)26(23,24)17-8-6-16(7-9-17)15(3)19-14-18(22)20-10-12-25-13-11-20/h6-9,15,19H,4-5,10-14H2,1-3H3/t15-/m0/s1. The Labute approximate surface area is 156 Å². The van der Waals surface area contributed by atoms with Crippen LogP contribution in [0.5, 0.6) is 0 Å². The number of carbonyl (C=O) groups is 1. The van der Waals surface area contributed by atoms with Crippen molar-refractivity contribution in [1.82, 2.24) is 14.5 Å². The van der Waals surface area contributed by atoms with Gasteiger partial charge in [-0.1, -0.05) is 26.0 Å². The number of amides is 1. The second-order valence-corrected chi connectivity index (χ2v) is 8.19. The Morgan fingerprint density at radius 3 is 2.31 bits per heavy atom. The Balaban J connectivity index is 1.95. The molecule has 0 aromatic heterocycles. The minimum Gasteiger partial charge on any atom is -0.378 e. The zero-order valence-electron chi connectivity index (χ0n) is 15.8. The van der Waals surface area contributed by atoms with Crippen LogP contribution in [0.15, 0.2) is 29.2 Å². The van der Waals surface area contributed by atoms with Crippen LogP contribution in [0.3, 0.4) is 0 Å². The van der Waals surface area contributed by atoms with Crippen molar-refractivity contribution < 1.29 is 17.9 Å². The Kier molecular flexibility index (Phi) is 7.57. The van der Waals surface area contributed by atoms with Gasteiger partial charge >= 0.3 is 0 Å². The van der Waals surface area contributed by atoms with Gasteiger partial charge in [-0.25, -0.2) is 8.42 Å². The van der Waals surface area contributed by atoms with E-state index in [4.69, 9.17) is 4.74 Å². The summed E-state index contributed by atoms with van der Waals surface area (Å²) in [7, 11) is -3.44. The third-order valence-corrected chi connectivity index (χ3v) is 6.71. The number of benzene rings is 1. The van der Waals surface area contributed by atoms with Crippen molar-refractivity contribution in [1.29, 1.82) is 0 Å². The number of ether oxygens (including phenoxy) is 1. The van der Waals surface area contributed by atoms with Crippen LogP contribution < -0.4 is 5.32 Å². The van der Waals surface area contributed by atoms with Crippen molar-refractivity contribution in [2.24, 2.45) is 0 Å². The number of nitrogens with one attached hydrogen (secondary N) is 1. The molecule has 1 aliphatic rings. The largest absolute Gasteiger partial charge is 0.378 e. The molecular formula is C18H29N3O4S. The maximum atomic E-state index is 12.5. The summed E-state index contributed by atoms with van der Waals surface area (Å²) in [5, 5.41) is 3.21. The van der Waals surface area contributed by atoms with Crippen molar-refractivity contribution in [2.45, 2.75) is 31.7 Å². The summed E-state index contributed by atoms with van der Waals surface area (Å²) in [5.74, 6) is 0.0564. The lowest BCUT2D eigenvalue weighted by Gasteiger charge is -2.27. The van der Waals surface area contributed by atoms with Gasteiger partial charge in [-0.2, -0.15) is 4.31 Å². The molecule has 0 bridgehead atoms. The molecule has 7 nitrogen and oxygen atoms in total. The first-order valence-electron chi connectivity index (χ1n) is 9.09. The number of hydrogen-bond donors (Lipinski definition) is 1. The first-order chi connectivity index (χ1) is 12.4. The smallest absolute Gasteiger partial charge is 0.243 e. The normalized spacial score (nSPS) is 16.7. The van der Waals surface area contributed by atoms with E-state index in [2.05, 4.69) is 5.32 Å². The predicted molar refractivity (Wildman–Crippen MR) is 100 cm³/mol. The van der Waals surface area contributed by atoms with Gasteiger partial charge in [0.25, 0.3) is 0 Å². The molecule has 0 unspecified atom stereocenters. The molecular weight excluding hydrogens is 354 g/mol. The van der Waals surface area contributed by atoms with Crippen LogP contribution in [0.2, 0.25) is 0 Å². The van der Waals surface area contributed by atoms with Crippen molar-refractivity contribution in [2.75, 3.05) is 45.9 Å². The van der Waals surface area contributed by atoms with E-state index in [0.717, 1.165) is 5.56 Å². The highest BCUT2D eigenvalue weighted by atomic mass is 32.2. The Morgan fingerprint density at radius 2 is 1.77 bits per heavy atom.